The van der Waals surface area contributed by atoms with E-state index in [0.29, 0.717) is 18.3 Å². The van der Waals surface area contributed by atoms with Gasteiger partial charge in [0.2, 0.25) is 11.7 Å². The zero-order chi connectivity index (χ0) is 15.2. The molecule has 1 atom stereocenters. The number of benzene rings is 1. The summed E-state index contributed by atoms with van der Waals surface area (Å²) < 4.78 is 10.4. The average Bonchev–Trinajstić information content (AvgIpc) is 2.93. The molecule has 1 aromatic carbocycles. The van der Waals surface area contributed by atoms with Crippen LogP contribution < -0.4 is 4.74 Å². The molecule has 2 rings (SSSR count). The highest BCUT2D eigenvalue weighted by Gasteiger charge is 2.11. The van der Waals surface area contributed by atoms with Crippen LogP contribution in [0.25, 0.3) is 11.4 Å². The Morgan fingerprint density at radius 2 is 2.05 bits per heavy atom. The van der Waals surface area contributed by atoms with Gasteiger partial charge in [0.25, 0.3) is 0 Å². The number of rotatable bonds is 7. The van der Waals surface area contributed by atoms with Crippen molar-refractivity contribution in [2.45, 2.75) is 26.0 Å². The first-order valence-corrected chi connectivity index (χ1v) is 6.92. The van der Waals surface area contributed by atoms with Crippen LogP contribution in [0, 0.1) is 0 Å². The van der Waals surface area contributed by atoms with Gasteiger partial charge in [0, 0.05) is 12.1 Å². The summed E-state index contributed by atoms with van der Waals surface area (Å²) in [5.41, 5.74) is 0.887. The number of aromatic nitrogens is 2. The molecule has 6 nitrogen and oxygen atoms in total. The Hall–Kier alpha value is -1.92. The van der Waals surface area contributed by atoms with Gasteiger partial charge in [-0.25, -0.2) is 0 Å². The Morgan fingerprint density at radius 3 is 2.67 bits per heavy atom. The highest BCUT2D eigenvalue weighted by atomic mass is 16.5. The number of hydrogen-bond donors (Lipinski definition) is 1. The van der Waals surface area contributed by atoms with Crippen molar-refractivity contribution in [2.24, 2.45) is 0 Å². The largest absolute Gasteiger partial charge is 0.497 e. The van der Waals surface area contributed by atoms with Crippen LogP contribution in [0.4, 0.5) is 0 Å². The van der Waals surface area contributed by atoms with E-state index in [1.54, 1.807) is 14.0 Å². The summed E-state index contributed by atoms with van der Waals surface area (Å²) in [4.78, 5) is 6.42. The van der Waals surface area contributed by atoms with Crippen LogP contribution in [-0.4, -0.2) is 47.0 Å². The molecule has 0 aliphatic heterocycles. The second-order valence-electron chi connectivity index (χ2n) is 5.12. The summed E-state index contributed by atoms with van der Waals surface area (Å²) >= 11 is 0. The molecule has 0 spiro atoms. The molecule has 6 heteroatoms. The summed E-state index contributed by atoms with van der Waals surface area (Å²) in [7, 11) is 3.59. The minimum Gasteiger partial charge on any atom is -0.497 e. The highest BCUT2D eigenvalue weighted by Crippen LogP contribution is 2.19. The maximum absolute atomic E-state index is 9.27. The summed E-state index contributed by atoms with van der Waals surface area (Å²) in [5.74, 6) is 1.92. The lowest BCUT2D eigenvalue weighted by Crippen LogP contribution is -2.22. The fourth-order valence-electron chi connectivity index (χ4n) is 1.89. The van der Waals surface area contributed by atoms with E-state index in [1.165, 1.54) is 0 Å². The summed E-state index contributed by atoms with van der Waals surface area (Å²) in [6.07, 6.45) is 0.417. The first-order chi connectivity index (χ1) is 10.1. The van der Waals surface area contributed by atoms with Gasteiger partial charge < -0.3 is 14.4 Å². The van der Waals surface area contributed by atoms with Gasteiger partial charge in [-0.1, -0.05) is 5.16 Å². The second-order valence-corrected chi connectivity index (χ2v) is 5.12. The summed E-state index contributed by atoms with van der Waals surface area (Å²) in [6, 6.07) is 7.51. The van der Waals surface area contributed by atoms with Gasteiger partial charge in [-0.05, 0) is 44.7 Å². The van der Waals surface area contributed by atoms with E-state index in [-0.39, 0.29) is 6.10 Å². The van der Waals surface area contributed by atoms with Crippen LogP contribution >= 0.6 is 0 Å². The number of aliphatic hydroxyl groups excluding tert-OH is 1. The smallest absolute Gasteiger partial charge is 0.241 e. The summed E-state index contributed by atoms with van der Waals surface area (Å²) in [5, 5.41) is 13.3. The number of methoxy groups -OCH3 is 1. The third kappa shape index (κ3) is 4.54. The first kappa shape index (κ1) is 15.5. The van der Waals surface area contributed by atoms with E-state index in [9.17, 15) is 5.11 Å². The van der Waals surface area contributed by atoms with E-state index in [2.05, 4.69) is 10.1 Å². The topological polar surface area (TPSA) is 71.6 Å². The zero-order valence-corrected chi connectivity index (χ0v) is 12.6. The van der Waals surface area contributed by atoms with Gasteiger partial charge in [0.05, 0.1) is 19.8 Å². The molecule has 0 fully saturated rings. The molecule has 0 saturated carbocycles. The lowest BCUT2D eigenvalue weighted by atomic mass is 10.2. The minimum absolute atomic E-state index is 0.301. The number of hydrogen-bond acceptors (Lipinski definition) is 6. The molecular formula is C15H21N3O3. The Bertz CT molecular complexity index is 552. The molecule has 0 amide bonds. The summed E-state index contributed by atoms with van der Waals surface area (Å²) in [6.45, 7) is 3.12. The van der Waals surface area contributed by atoms with Crippen LogP contribution in [0.2, 0.25) is 0 Å². The molecule has 21 heavy (non-hydrogen) atoms. The Kier molecular flexibility index (Phi) is 5.30. The average molecular weight is 291 g/mol. The molecule has 0 saturated heterocycles. The Morgan fingerprint density at radius 1 is 1.33 bits per heavy atom. The maximum atomic E-state index is 9.27. The SMILES string of the molecule is COc1ccc(-c2noc(CN(C)CCC(C)O)n2)cc1. The molecule has 114 valence electrons. The quantitative estimate of drug-likeness (QED) is 0.840. The van der Waals surface area contributed by atoms with E-state index in [4.69, 9.17) is 9.26 Å². The molecule has 1 heterocycles. The van der Waals surface area contributed by atoms with Crippen molar-refractivity contribution in [1.82, 2.24) is 15.0 Å². The predicted molar refractivity (Wildman–Crippen MR) is 78.9 cm³/mol. The van der Waals surface area contributed by atoms with Gasteiger partial charge >= 0.3 is 0 Å². The molecule has 1 N–H and O–H groups in total. The normalized spacial score (nSPS) is 12.6. The lowest BCUT2D eigenvalue weighted by Gasteiger charge is -2.14. The van der Waals surface area contributed by atoms with Crippen LogP contribution in [0.1, 0.15) is 19.2 Å². The monoisotopic (exact) mass is 291 g/mol. The molecule has 1 aromatic heterocycles. The third-order valence-corrected chi connectivity index (χ3v) is 3.15. The molecule has 1 unspecified atom stereocenters. The van der Waals surface area contributed by atoms with Crippen molar-refractivity contribution >= 4 is 0 Å². The van der Waals surface area contributed by atoms with Crippen molar-refractivity contribution in [3.63, 3.8) is 0 Å². The van der Waals surface area contributed by atoms with Crippen molar-refractivity contribution in [1.29, 1.82) is 0 Å². The van der Waals surface area contributed by atoms with E-state index < -0.39 is 0 Å². The highest BCUT2D eigenvalue weighted by molar-refractivity contribution is 5.55. The molecule has 0 aliphatic rings. The Labute approximate surface area is 124 Å². The second kappa shape index (κ2) is 7.19. The van der Waals surface area contributed by atoms with Crippen molar-refractivity contribution in [2.75, 3.05) is 20.7 Å². The number of ether oxygens (including phenoxy) is 1. The number of nitrogens with zero attached hydrogens (tertiary/aromatic N) is 3. The molecular weight excluding hydrogens is 270 g/mol. The molecule has 0 radical (unpaired) electrons. The molecule has 2 aromatic rings. The fourth-order valence-corrected chi connectivity index (χ4v) is 1.89. The lowest BCUT2D eigenvalue weighted by molar-refractivity contribution is 0.158. The van der Waals surface area contributed by atoms with Gasteiger partial charge in [-0.3, -0.25) is 4.90 Å². The first-order valence-electron chi connectivity index (χ1n) is 6.92. The van der Waals surface area contributed by atoms with Gasteiger partial charge in [0.15, 0.2) is 0 Å². The zero-order valence-electron chi connectivity index (χ0n) is 12.6. The van der Waals surface area contributed by atoms with Crippen LogP contribution in [-0.2, 0) is 6.54 Å². The predicted octanol–water partition coefficient (Wildman–Crippen LogP) is 1.95. The van der Waals surface area contributed by atoms with Crippen LogP contribution in [0.15, 0.2) is 28.8 Å². The van der Waals surface area contributed by atoms with Crippen molar-refractivity contribution < 1.29 is 14.4 Å². The third-order valence-electron chi connectivity index (χ3n) is 3.15. The van der Waals surface area contributed by atoms with Crippen LogP contribution in [0.3, 0.4) is 0 Å². The molecule has 0 aliphatic carbocycles. The fraction of sp³-hybridized carbons (Fsp3) is 0.467. The van der Waals surface area contributed by atoms with Crippen LogP contribution in [0.5, 0.6) is 5.75 Å². The molecule has 0 bridgehead atoms. The van der Waals surface area contributed by atoms with E-state index in [1.807, 2.05) is 36.2 Å². The van der Waals surface area contributed by atoms with Gasteiger partial charge in [0.1, 0.15) is 5.75 Å². The number of aliphatic hydroxyl groups is 1. The van der Waals surface area contributed by atoms with Gasteiger partial charge in [-0.15, -0.1) is 0 Å². The Balaban J connectivity index is 1.97. The maximum Gasteiger partial charge on any atom is 0.241 e. The van der Waals surface area contributed by atoms with Crippen molar-refractivity contribution in [3.8, 4) is 17.1 Å². The van der Waals surface area contributed by atoms with Crippen molar-refractivity contribution in [3.05, 3.63) is 30.2 Å². The van der Waals surface area contributed by atoms with Gasteiger partial charge in [-0.2, -0.15) is 4.98 Å². The standard InChI is InChI=1S/C15H21N3O3/c1-11(19)8-9-18(2)10-14-16-15(17-21-14)12-4-6-13(20-3)7-5-12/h4-7,11,19H,8-10H2,1-3H3. The van der Waals surface area contributed by atoms with E-state index in [0.717, 1.165) is 24.3 Å². The minimum atomic E-state index is -0.301. The van der Waals surface area contributed by atoms with E-state index >= 15 is 0 Å².